The third-order valence-electron chi connectivity index (χ3n) is 1.52. The van der Waals surface area contributed by atoms with Gasteiger partial charge in [0.2, 0.25) is 0 Å². The highest BCUT2D eigenvalue weighted by Gasteiger charge is 2.00. The third kappa shape index (κ3) is 2.80. The summed E-state index contributed by atoms with van der Waals surface area (Å²) in [4.78, 5) is 0. The van der Waals surface area contributed by atoms with Crippen LogP contribution in [0.15, 0.2) is 36.4 Å². The highest BCUT2D eigenvalue weighted by molar-refractivity contribution is 5.38. The number of benzene rings is 1. The van der Waals surface area contributed by atoms with Gasteiger partial charge in [0, 0.05) is 0 Å². The Morgan fingerprint density at radius 2 is 2.08 bits per heavy atom. The van der Waals surface area contributed by atoms with E-state index in [1.165, 1.54) is 6.07 Å². The number of aliphatic hydroxyl groups excluding tert-OH is 1. The fourth-order valence-corrected chi connectivity index (χ4v) is 0.805. The van der Waals surface area contributed by atoms with Crippen LogP contribution in [0.3, 0.4) is 0 Å². The molecule has 0 amide bonds. The van der Waals surface area contributed by atoms with E-state index in [0.717, 1.165) is 0 Å². The van der Waals surface area contributed by atoms with E-state index in [4.69, 9.17) is 9.84 Å². The number of aliphatic hydroxyl groups is 1. The van der Waals surface area contributed by atoms with Crippen molar-refractivity contribution >= 4 is 0 Å². The predicted molar refractivity (Wildman–Crippen MR) is 49.8 cm³/mol. The molecule has 1 rings (SSSR count). The molecule has 0 aliphatic rings. The van der Waals surface area contributed by atoms with Gasteiger partial charge in [-0.05, 0) is 17.7 Å². The molecule has 0 atom stereocenters. The fraction of sp³-hybridized carbons (Fsp3) is 0.200. The normalized spacial score (nSPS) is 9.62. The lowest BCUT2D eigenvalue weighted by Crippen LogP contribution is -2.03. The molecule has 3 nitrogen and oxygen atoms in total. The van der Waals surface area contributed by atoms with Gasteiger partial charge in [-0.25, -0.2) is 0 Å². The van der Waals surface area contributed by atoms with Crippen LogP contribution in [0.5, 0.6) is 11.5 Å². The van der Waals surface area contributed by atoms with Gasteiger partial charge in [-0.3, -0.25) is 0 Å². The van der Waals surface area contributed by atoms with E-state index in [2.05, 4.69) is 6.58 Å². The molecule has 0 aliphatic carbocycles. The number of para-hydroxylation sites is 2. The molecule has 0 saturated heterocycles. The van der Waals surface area contributed by atoms with Gasteiger partial charge in [0.1, 0.15) is 6.61 Å². The van der Waals surface area contributed by atoms with Crippen molar-refractivity contribution < 1.29 is 14.9 Å². The maximum absolute atomic E-state index is 9.28. The van der Waals surface area contributed by atoms with Crippen LogP contribution in [0, 0.1) is 0 Å². The second-order valence-corrected chi connectivity index (χ2v) is 2.66. The average Bonchev–Trinajstić information content (AvgIpc) is 2.16. The lowest BCUT2D eigenvalue weighted by molar-refractivity contribution is 0.281. The van der Waals surface area contributed by atoms with E-state index in [1.54, 1.807) is 18.2 Å². The first-order valence-corrected chi connectivity index (χ1v) is 3.92. The number of hydrogen-bond acceptors (Lipinski definition) is 3. The average molecular weight is 180 g/mol. The smallest absolute Gasteiger partial charge is 0.161 e. The van der Waals surface area contributed by atoms with E-state index in [9.17, 15) is 5.11 Å². The third-order valence-corrected chi connectivity index (χ3v) is 1.52. The molecule has 0 bridgehead atoms. The molecular formula is C10H12O3. The minimum Gasteiger partial charge on any atom is -0.504 e. The Morgan fingerprint density at radius 1 is 1.38 bits per heavy atom. The van der Waals surface area contributed by atoms with Gasteiger partial charge in [-0.2, -0.15) is 0 Å². The van der Waals surface area contributed by atoms with Crippen LogP contribution in [0.4, 0.5) is 0 Å². The van der Waals surface area contributed by atoms with Crippen LogP contribution in [0.2, 0.25) is 0 Å². The Labute approximate surface area is 76.9 Å². The maximum atomic E-state index is 9.28. The van der Waals surface area contributed by atoms with Crippen LogP contribution in [0.25, 0.3) is 0 Å². The van der Waals surface area contributed by atoms with Gasteiger partial charge in [-0.1, -0.05) is 18.7 Å². The molecule has 3 heteroatoms. The fourth-order valence-electron chi connectivity index (χ4n) is 0.805. The van der Waals surface area contributed by atoms with Crippen LogP contribution in [-0.2, 0) is 0 Å². The van der Waals surface area contributed by atoms with Gasteiger partial charge in [-0.15, -0.1) is 0 Å². The standard InChI is InChI=1S/C10H12O3/c1-8(6-11)7-13-10-5-3-2-4-9(10)12/h2-5,11-12H,1,6-7H2. The van der Waals surface area contributed by atoms with Gasteiger partial charge >= 0.3 is 0 Å². The molecule has 0 fully saturated rings. The van der Waals surface area contributed by atoms with Gasteiger partial charge in [0.05, 0.1) is 6.61 Å². The Hall–Kier alpha value is -1.48. The van der Waals surface area contributed by atoms with Gasteiger partial charge < -0.3 is 14.9 Å². The zero-order valence-electron chi connectivity index (χ0n) is 7.23. The molecule has 0 aliphatic heterocycles. The van der Waals surface area contributed by atoms with Crippen molar-refractivity contribution in [2.75, 3.05) is 13.2 Å². The van der Waals surface area contributed by atoms with Crippen molar-refractivity contribution in [1.29, 1.82) is 0 Å². The number of ether oxygens (including phenoxy) is 1. The Morgan fingerprint density at radius 3 is 2.69 bits per heavy atom. The van der Waals surface area contributed by atoms with Crippen molar-refractivity contribution in [3.63, 3.8) is 0 Å². The molecule has 13 heavy (non-hydrogen) atoms. The van der Waals surface area contributed by atoms with Gasteiger partial charge in [0.15, 0.2) is 11.5 Å². The highest BCUT2D eigenvalue weighted by Crippen LogP contribution is 2.24. The molecule has 0 aromatic heterocycles. The van der Waals surface area contributed by atoms with Crippen molar-refractivity contribution in [1.82, 2.24) is 0 Å². The number of rotatable bonds is 4. The van der Waals surface area contributed by atoms with E-state index < -0.39 is 0 Å². The zero-order valence-corrected chi connectivity index (χ0v) is 7.23. The molecule has 0 radical (unpaired) electrons. The number of hydrogen-bond donors (Lipinski definition) is 2. The first-order chi connectivity index (χ1) is 6.24. The molecule has 70 valence electrons. The summed E-state index contributed by atoms with van der Waals surface area (Å²) >= 11 is 0. The quantitative estimate of drug-likeness (QED) is 0.687. The number of phenolic OH excluding ortho intramolecular Hbond substituents is 1. The van der Waals surface area contributed by atoms with Crippen LogP contribution in [-0.4, -0.2) is 23.4 Å². The minimum atomic E-state index is -0.104. The lowest BCUT2D eigenvalue weighted by Gasteiger charge is -2.07. The SMILES string of the molecule is C=C(CO)COc1ccccc1O. The Balaban J connectivity index is 2.54. The summed E-state index contributed by atoms with van der Waals surface area (Å²) in [6, 6.07) is 6.66. The largest absolute Gasteiger partial charge is 0.504 e. The predicted octanol–water partition coefficient (Wildman–Crippen LogP) is 1.32. The first kappa shape index (κ1) is 9.61. The molecule has 0 unspecified atom stereocenters. The summed E-state index contributed by atoms with van der Waals surface area (Å²) in [5.74, 6) is 0.491. The molecule has 1 aromatic carbocycles. The summed E-state index contributed by atoms with van der Waals surface area (Å²) < 4.78 is 5.18. The second kappa shape index (κ2) is 4.52. The van der Waals surface area contributed by atoms with Crippen LogP contribution in [0.1, 0.15) is 0 Å². The van der Waals surface area contributed by atoms with Crippen molar-refractivity contribution in [3.05, 3.63) is 36.4 Å². The van der Waals surface area contributed by atoms with Crippen molar-refractivity contribution in [2.24, 2.45) is 0 Å². The molecule has 0 spiro atoms. The van der Waals surface area contributed by atoms with Crippen LogP contribution < -0.4 is 4.74 Å². The van der Waals surface area contributed by atoms with Gasteiger partial charge in [0.25, 0.3) is 0 Å². The van der Waals surface area contributed by atoms with Crippen molar-refractivity contribution in [2.45, 2.75) is 0 Å². The Bertz CT molecular complexity index is 294. The summed E-state index contributed by atoms with van der Waals surface area (Å²) in [5.41, 5.74) is 0.572. The lowest BCUT2D eigenvalue weighted by atomic mass is 10.3. The highest BCUT2D eigenvalue weighted by atomic mass is 16.5. The van der Waals surface area contributed by atoms with E-state index in [0.29, 0.717) is 11.3 Å². The molecular weight excluding hydrogens is 168 g/mol. The topological polar surface area (TPSA) is 49.7 Å². The van der Waals surface area contributed by atoms with E-state index >= 15 is 0 Å². The maximum Gasteiger partial charge on any atom is 0.161 e. The first-order valence-electron chi connectivity index (χ1n) is 3.92. The molecule has 2 N–H and O–H groups in total. The summed E-state index contributed by atoms with van der Waals surface area (Å²) in [5, 5.41) is 17.9. The Kier molecular flexibility index (Phi) is 3.34. The number of aromatic hydroxyl groups is 1. The minimum absolute atomic E-state index is 0.0910. The molecule has 0 saturated carbocycles. The van der Waals surface area contributed by atoms with Crippen molar-refractivity contribution in [3.8, 4) is 11.5 Å². The molecule has 1 aromatic rings. The zero-order chi connectivity index (χ0) is 9.68. The summed E-state index contributed by atoms with van der Waals surface area (Å²) in [6.45, 7) is 3.67. The van der Waals surface area contributed by atoms with E-state index in [1.807, 2.05) is 0 Å². The van der Waals surface area contributed by atoms with Crippen LogP contribution >= 0.6 is 0 Å². The summed E-state index contributed by atoms with van der Waals surface area (Å²) in [7, 11) is 0. The molecule has 0 heterocycles. The second-order valence-electron chi connectivity index (χ2n) is 2.66. The monoisotopic (exact) mass is 180 g/mol. The van der Waals surface area contributed by atoms with E-state index in [-0.39, 0.29) is 19.0 Å². The number of phenols is 1. The summed E-state index contributed by atoms with van der Waals surface area (Å²) in [6.07, 6.45) is 0.